The summed E-state index contributed by atoms with van der Waals surface area (Å²) in [5.41, 5.74) is 6.54. The molecule has 0 fully saturated rings. The Bertz CT molecular complexity index is 627. The van der Waals surface area contributed by atoms with Crippen LogP contribution in [0.1, 0.15) is 12.2 Å². The van der Waals surface area contributed by atoms with Crippen molar-refractivity contribution in [2.45, 2.75) is 12.8 Å². The molecule has 0 amide bonds. The maximum absolute atomic E-state index is 9.03. The smallest absolute Gasteiger partial charge is 0.137 e. The Morgan fingerprint density at radius 3 is 2.35 bits per heavy atom. The molecule has 1 aromatic heterocycles. The molecule has 1 heterocycles. The zero-order valence-corrected chi connectivity index (χ0v) is 16.4. The number of anilines is 1. The molecular formula is C17H29Cl2N5O2. The Hall–Kier alpha value is -1.22. The third-order valence-corrected chi connectivity index (χ3v) is 3.79. The molecule has 0 bridgehead atoms. The summed E-state index contributed by atoms with van der Waals surface area (Å²) in [6, 6.07) is 7.93. The van der Waals surface area contributed by atoms with E-state index in [4.69, 9.17) is 15.9 Å². The lowest BCUT2D eigenvalue weighted by Gasteiger charge is -2.20. The molecule has 0 spiro atoms. The number of para-hydroxylation sites is 1. The van der Waals surface area contributed by atoms with Crippen molar-refractivity contribution < 1.29 is 10.2 Å². The minimum Gasteiger partial charge on any atom is -0.395 e. The fourth-order valence-corrected chi connectivity index (χ4v) is 2.63. The van der Waals surface area contributed by atoms with E-state index in [0.29, 0.717) is 26.1 Å². The van der Waals surface area contributed by atoms with Gasteiger partial charge in [0.2, 0.25) is 0 Å². The Morgan fingerprint density at radius 1 is 1.00 bits per heavy atom. The number of benzene rings is 1. The average molecular weight is 406 g/mol. The number of rotatable bonds is 11. The maximum Gasteiger partial charge on any atom is 0.137 e. The molecule has 9 heteroatoms. The molecule has 1 aromatic carbocycles. The molecule has 7 nitrogen and oxygen atoms in total. The van der Waals surface area contributed by atoms with Gasteiger partial charge in [0.1, 0.15) is 11.6 Å². The standard InChI is InChI=1S/C17H27N5O2.2ClH/c18-7-6-16-20-15-5-2-1-4-14(15)17(21-16)19-8-3-9-22(10-12-23)11-13-24;;/h1-2,4-5,23-24H,3,6-13,18H2,(H,19,20,21);2*1H. The largest absolute Gasteiger partial charge is 0.395 e. The minimum absolute atomic E-state index is 0. The predicted molar refractivity (Wildman–Crippen MR) is 111 cm³/mol. The summed E-state index contributed by atoms with van der Waals surface area (Å²) in [4.78, 5) is 11.2. The summed E-state index contributed by atoms with van der Waals surface area (Å²) in [6.45, 7) is 3.46. The molecule has 2 rings (SSSR count). The lowest BCUT2D eigenvalue weighted by Crippen LogP contribution is -2.31. The van der Waals surface area contributed by atoms with Gasteiger partial charge in [-0.1, -0.05) is 12.1 Å². The topological polar surface area (TPSA) is 108 Å². The highest BCUT2D eigenvalue weighted by molar-refractivity contribution is 5.89. The molecule has 0 aliphatic carbocycles. The van der Waals surface area contributed by atoms with Crippen molar-refractivity contribution in [1.29, 1.82) is 0 Å². The first-order valence-corrected chi connectivity index (χ1v) is 8.42. The van der Waals surface area contributed by atoms with E-state index in [2.05, 4.69) is 15.3 Å². The highest BCUT2D eigenvalue weighted by Crippen LogP contribution is 2.20. The SMILES string of the molecule is Cl.Cl.NCCc1nc(NCCCN(CCO)CCO)c2ccccc2n1. The third kappa shape index (κ3) is 7.57. The van der Waals surface area contributed by atoms with E-state index in [9.17, 15) is 0 Å². The number of nitrogens with zero attached hydrogens (tertiary/aromatic N) is 3. The molecular weight excluding hydrogens is 377 g/mol. The number of halogens is 2. The van der Waals surface area contributed by atoms with Gasteiger partial charge < -0.3 is 21.3 Å². The summed E-state index contributed by atoms with van der Waals surface area (Å²) in [5.74, 6) is 1.58. The van der Waals surface area contributed by atoms with Crippen LogP contribution in [0.2, 0.25) is 0 Å². The fourth-order valence-electron chi connectivity index (χ4n) is 2.63. The molecule has 5 N–H and O–H groups in total. The van der Waals surface area contributed by atoms with Crippen molar-refractivity contribution in [3.63, 3.8) is 0 Å². The van der Waals surface area contributed by atoms with E-state index in [-0.39, 0.29) is 38.0 Å². The van der Waals surface area contributed by atoms with E-state index in [1.165, 1.54) is 0 Å². The zero-order valence-electron chi connectivity index (χ0n) is 14.8. The highest BCUT2D eigenvalue weighted by atomic mass is 35.5. The van der Waals surface area contributed by atoms with Crippen molar-refractivity contribution in [1.82, 2.24) is 14.9 Å². The second-order valence-corrected chi connectivity index (χ2v) is 5.61. The van der Waals surface area contributed by atoms with Crippen molar-refractivity contribution >= 4 is 41.5 Å². The summed E-state index contributed by atoms with van der Waals surface area (Å²) in [7, 11) is 0. The van der Waals surface area contributed by atoms with Gasteiger partial charge in [-0.25, -0.2) is 9.97 Å². The van der Waals surface area contributed by atoms with Gasteiger partial charge in [0.05, 0.1) is 18.7 Å². The molecule has 26 heavy (non-hydrogen) atoms. The Balaban J connectivity index is 0.00000312. The summed E-state index contributed by atoms with van der Waals surface area (Å²) < 4.78 is 0. The number of fused-ring (bicyclic) bond motifs is 1. The van der Waals surface area contributed by atoms with Crippen LogP contribution in [0.4, 0.5) is 5.82 Å². The quantitative estimate of drug-likeness (QED) is 0.414. The number of aromatic nitrogens is 2. The zero-order chi connectivity index (χ0) is 17.2. The number of hydrogen-bond donors (Lipinski definition) is 4. The van der Waals surface area contributed by atoms with Gasteiger partial charge in [0.15, 0.2) is 0 Å². The molecule has 0 saturated heterocycles. The molecule has 0 aliphatic rings. The van der Waals surface area contributed by atoms with Crippen LogP contribution in [0.25, 0.3) is 10.9 Å². The predicted octanol–water partition coefficient (Wildman–Crippen LogP) is 1.06. The average Bonchev–Trinajstić information content (AvgIpc) is 2.59. The van der Waals surface area contributed by atoms with Crippen LogP contribution in [-0.4, -0.2) is 71.0 Å². The van der Waals surface area contributed by atoms with Gasteiger partial charge in [-0.15, -0.1) is 24.8 Å². The van der Waals surface area contributed by atoms with Gasteiger partial charge in [-0.05, 0) is 31.6 Å². The van der Waals surface area contributed by atoms with Crippen LogP contribution in [0.3, 0.4) is 0 Å². The van der Waals surface area contributed by atoms with E-state index in [0.717, 1.165) is 42.1 Å². The second-order valence-electron chi connectivity index (χ2n) is 5.61. The van der Waals surface area contributed by atoms with Crippen LogP contribution in [-0.2, 0) is 6.42 Å². The monoisotopic (exact) mass is 405 g/mol. The second kappa shape index (κ2) is 13.9. The summed E-state index contributed by atoms with van der Waals surface area (Å²) in [5, 5.41) is 22.4. The first-order valence-electron chi connectivity index (χ1n) is 8.42. The molecule has 0 unspecified atom stereocenters. The number of nitrogens with one attached hydrogen (secondary N) is 1. The minimum atomic E-state index is 0. The highest BCUT2D eigenvalue weighted by Gasteiger charge is 2.07. The van der Waals surface area contributed by atoms with Crippen molar-refractivity contribution in [2.24, 2.45) is 5.73 Å². The van der Waals surface area contributed by atoms with Crippen LogP contribution in [0.5, 0.6) is 0 Å². The number of aliphatic hydroxyl groups is 2. The van der Waals surface area contributed by atoms with Crippen LogP contribution in [0.15, 0.2) is 24.3 Å². The lowest BCUT2D eigenvalue weighted by atomic mass is 10.2. The van der Waals surface area contributed by atoms with Crippen molar-refractivity contribution in [3.8, 4) is 0 Å². The number of hydrogen-bond acceptors (Lipinski definition) is 7. The molecule has 0 aliphatic heterocycles. The third-order valence-electron chi connectivity index (χ3n) is 3.79. The molecule has 0 radical (unpaired) electrons. The lowest BCUT2D eigenvalue weighted by molar-refractivity contribution is 0.161. The number of nitrogens with two attached hydrogens (primary N) is 1. The molecule has 0 saturated carbocycles. The maximum atomic E-state index is 9.03. The van der Waals surface area contributed by atoms with Gasteiger partial charge in [-0.3, -0.25) is 4.90 Å². The Labute approximate surface area is 166 Å². The van der Waals surface area contributed by atoms with E-state index in [1.807, 2.05) is 29.2 Å². The van der Waals surface area contributed by atoms with Gasteiger partial charge >= 0.3 is 0 Å². The first kappa shape index (κ1) is 24.8. The Kier molecular flexibility index (Phi) is 13.3. The van der Waals surface area contributed by atoms with Gasteiger partial charge in [0, 0.05) is 31.4 Å². The first-order chi connectivity index (χ1) is 11.8. The normalized spacial score (nSPS) is 10.5. The molecule has 148 valence electrons. The van der Waals surface area contributed by atoms with E-state index < -0.39 is 0 Å². The fraction of sp³-hybridized carbons (Fsp3) is 0.529. The van der Waals surface area contributed by atoms with E-state index in [1.54, 1.807) is 0 Å². The van der Waals surface area contributed by atoms with Gasteiger partial charge in [0.25, 0.3) is 0 Å². The van der Waals surface area contributed by atoms with Crippen LogP contribution in [0, 0.1) is 0 Å². The molecule has 0 atom stereocenters. The summed E-state index contributed by atoms with van der Waals surface area (Å²) in [6.07, 6.45) is 1.55. The number of aliphatic hydroxyl groups excluding tert-OH is 2. The van der Waals surface area contributed by atoms with Gasteiger partial charge in [-0.2, -0.15) is 0 Å². The molecule has 2 aromatic rings. The van der Waals surface area contributed by atoms with Crippen molar-refractivity contribution in [2.75, 3.05) is 51.3 Å². The van der Waals surface area contributed by atoms with Crippen LogP contribution < -0.4 is 11.1 Å². The Morgan fingerprint density at radius 2 is 1.69 bits per heavy atom. The van der Waals surface area contributed by atoms with Crippen molar-refractivity contribution in [3.05, 3.63) is 30.1 Å². The van der Waals surface area contributed by atoms with E-state index >= 15 is 0 Å². The summed E-state index contributed by atoms with van der Waals surface area (Å²) >= 11 is 0. The van der Waals surface area contributed by atoms with Crippen LogP contribution >= 0.6 is 24.8 Å².